The van der Waals surface area contributed by atoms with Crippen LogP contribution in [0.5, 0.6) is 0 Å². The maximum atomic E-state index is 10.8. The number of pyridine rings is 1. The minimum absolute atomic E-state index is 0.258. The summed E-state index contributed by atoms with van der Waals surface area (Å²) in [5, 5.41) is 10.8. The molecule has 0 unspecified atom stereocenters. The molecule has 0 aliphatic carbocycles. The second-order valence-electron chi connectivity index (χ2n) is 7.38. The summed E-state index contributed by atoms with van der Waals surface area (Å²) in [7, 11) is 0. The van der Waals surface area contributed by atoms with Crippen LogP contribution in [-0.4, -0.2) is 71.3 Å². The average Bonchev–Trinajstić information content (AvgIpc) is 3.07. The Bertz CT molecular complexity index is 699. The molecule has 2 aliphatic heterocycles. The van der Waals surface area contributed by atoms with E-state index in [2.05, 4.69) is 44.8 Å². The molecular weight excluding hydrogens is 344 g/mol. The van der Waals surface area contributed by atoms with Crippen molar-refractivity contribution in [1.29, 1.82) is 0 Å². The number of rotatable bonds is 4. The lowest BCUT2D eigenvalue weighted by molar-refractivity contribution is -0.0169. The van der Waals surface area contributed by atoms with Gasteiger partial charge >= 0.3 is 0 Å². The highest BCUT2D eigenvalue weighted by atomic mass is 32.1. The summed E-state index contributed by atoms with van der Waals surface area (Å²) in [6.45, 7) is 8.94. The van der Waals surface area contributed by atoms with Gasteiger partial charge in [0.05, 0.1) is 6.10 Å². The zero-order valence-electron chi connectivity index (χ0n) is 15.4. The van der Waals surface area contributed by atoms with Crippen molar-refractivity contribution >= 4 is 17.2 Å². The fourth-order valence-electron chi connectivity index (χ4n) is 4.17. The minimum atomic E-state index is -0.258. The van der Waals surface area contributed by atoms with E-state index >= 15 is 0 Å². The third kappa shape index (κ3) is 4.09. The van der Waals surface area contributed by atoms with Gasteiger partial charge in [-0.25, -0.2) is 4.98 Å². The highest BCUT2D eigenvalue weighted by molar-refractivity contribution is 7.11. The van der Waals surface area contributed by atoms with Crippen LogP contribution in [0.3, 0.4) is 0 Å². The molecule has 2 aromatic rings. The molecule has 4 rings (SSSR count). The second kappa shape index (κ2) is 8.05. The minimum Gasteiger partial charge on any atom is -0.390 e. The van der Waals surface area contributed by atoms with E-state index in [0.29, 0.717) is 6.04 Å². The molecule has 0 radical (unpaired) electrons. The number of aromatic nitrogens is 1. The number of likely N-dealkylation sites (tertiary alicyclic amines) is 1. The highest BCUT2D eigenvalue weighted by Gasteiger charge is 2.33. The number of aliphatic hydroxyl groups excluding tert-OH is 1. The first kappa shape index (κ1) is 17.9. The first-order valence-corrected chi connectivity index (χ1v) is 10.4. The van der Waals surface area contributed by atoms with Crippen LogP contribution >= 0.6 is 11.3 Å². The number of aryl methyl sites for hydroxylation is 1. The zero-order chi connectivity index (χ0) is 17.9. The van der Waals surface area contributed by atoms with Gasteiger partial charge in [-0.05, 0) is 37.6 Å². The summed E-state index contributed by atoms with van der Waals surface area (Å²) in [5.74, 6) is 1.06. The normalized spacial score (nSPS) is 25.5. The number of hydrogen-bond acceptors (Lipinski definition) is 6. The third-order valence-electron chi connectivity index (χ3n) is 5.56. The van der Waals surface area contributed by atoms with Gasteiger partial charge in [0, 0.05) is 67.8 Å². The van der Waals surface area contributed by atoms with Crippen molar-refractivity contribution in [3.05, 3.63) is 46.3 Å². The molecule has 2 aliphatic rings. The molecule has 2 atom stereocenters. The summed E-state index contributed by atoms with van der Waals surface area (Å²) in [6.07, 6.45) is 2.65. The standard InChI is InChI=1S/C20H28N4OS/c1-16-5-6-17(26-16)14-22-9-7-18(19(25)15-22)23-10-12-24(13-11-23)20-4-2-3-8-21-20/h2-6,8,18-19,25H,7,9-15H2,1H3/t18-,19-/m1/s1. The first-order valence-electron chi connectivity index (χ1n) is 9.55. The Morgan fingerprint density at radius 3 is 2.62 bits per heavy atom. The fourth-order valence-corrected chi connectivity index (χ4v) is 5.10. The second-order valence-corrected chi connectivity index (χ2v) is 8.75. The number of hydrogen-bond donors (Lipinski definition) is 1. The van der Waals surface area contributed by atoms with Crippen LogP contribution in [0.25, 0.3) is 0 Å². The van der Waals surface area contributed by atoms with Crippen LogP contribution in [-0.2, 0) is 6.54 Å². The monoisotopic (exact) mass is 372 g/mol. The average molecular weight is 373 g/mol. The number of anilines is 1. The molecule has 5 nitrogen and oxygen atoms in total. The van der Waals surface area contributed by atoms with Gasteiger partial charge < -0.3 is 10.0 Å². The molecule has 1 N–H and O–H groups in total. The van der Waals surface area contributed by atoms with E-state index in [0.717, 1.165) is 58.1 Å². The van der Waals surface area contributed by atoms with E-state index < -0.39 is 0 Å². The van der Waals surface area contributed by atoms with Crippen molar-refractivity contribution in [1.82, 2.24) is 14.8 Å². The van der Waals surface area contributed by atoms with Crippen LogP contribution in [0.1, 0.15) is 16.2 Å². The van der Waals surface area contributed by atoms with Crippen LogP contribution in [0, 0.1) is 6.92 Å². The van der Waals surface area contributed by atoms with E-state index in [-0.39, 0.29) is 6.10 Å². The number of piperazine rings is 1. The predicted octanol–water partition coefficient (Wildman–Crippen LogP) is 2.21. The van der Waals surface area contributed by atoms with Gasteiger partial charge in [-0.15, -0.1) is 11.3 Å². The number of nitrogens with zero attached hydrogens (tertiary/aromatic N) is 4. The summed E-state index contributed by atoms with van der Waals surface area (Å²) in [5.41, 5.74) is 0. The van der Waals surface area contributed by atoms with Crippen molar-refractivity contribution < 1.29 is 5.11 Å². The Kier molecular flexibility index (Phi) is 5.55. The lowest BCUT2D eigenvalue weighted by atomic mass is 9.99. The van der Waals surface area contributed by atoms with E-state index in [1.165, 1.54) is 9.75 Å². The van der Waals surface area contributed by atoms with E-state index in [9.17, 15) is 5.11 Å². The number of thiophene rings is 1. The topological polar surface area (TPSA) is 42.8 Å². The highest BCUT2D eigenvalue weighted by Crippen LogP contribution is 2.23. The van der Waals surface area contributed by atoms with Gasteiger partial charge in [0.2, 0.25) is 0 Å². The Morgan fingerprint density at radius 1 is 1.12 bits per heavy atom. The van der Waals surface area contributed by atoms with Crippen molar-refractivity contribution in [2.24, 2.45) is 0 Å². The van der Waals surface area contributed by atoms with Gasteiger partial charge in [0.15, 0.2) is 0 Å². The summed E-state index contributed by atoms with van der Waals surface area (Å²) in [4.78, 5) is 14.4. The van der Waals surface area contributed by atoms with Crippen LogP contribution in [0.2, 0.25) is 0 Å². The quantitative estimate of drug-likeness (QED) is 0.891. The van der Waals surface area contributed by atoms with Crippen LogP contribution in [0.4, 0.5) is 5.82 Å². The number of aliphatic hydroxyl groups is 1. The Labute approximate surface area is 159 Å². The van der Waals surface area contributed by atoms with E-state index in [1.807, 2.05) is 29.7 Å². The first-order chi connectivity index (χ1) is 12.7. The molecule has 0 amide bonds. The van der Waals surface area contributed by atoms with E-state index in [1.54, 1.807) is 0 Å². The van der Waals surface area contributed by atoms with Crippen molar-refractivity contribution in [2.75, 3.05) is 44.2 Å². The van der Waals surface area contributed by atoms with Crippen LogP contribution < -0.4 is 4.90 Å². The van der Waals surface area contributed by atoms with E-state index in [4.69, 9.17) is 0 Å². The van der Waals surface area contributed by atoms with Gasteiger partial charge in [0.25, 0.3) is 0 Å². The van der Waals surface area contributed by atoms with Crippen LogP contribution in [0.15, 0.2) is 36.5 Å². The van der Waals surface area contributed by atoms with Gasteiger partial charge in [-0.3, -0.25) is 9.80 Å². The molecule has 0 aromatic carbocycles. The summed E-state index contributed by atoms with van der Waals surface area (Å²) < 4.78 is 0. The molecule has 2 aromatic heterocycles. The number of β-amino-alcohol motifs (C(OH)–C–C–N with tert-alkyl or cyclic N) is 1. The zero-order valence-corrected chi connectivity index (χ0v) is 16.2. The molecular formula is C20H28N4OS. The molecule has 0 saturated carbocycles. The Balaban J connectivity index is 1.28. The molecule has 26 heavy (non-hydrogen) atoms. The van der Waals surface area contributed by atoms with Gasteiger partial charge in [-0.1, -0.05) is 6.07 Å². The van der Waals surface area contributed by atoms with Crippen molar-refractivity contribution in [2.45, 2.75) is 32.0 Å². The summed E-state index contributed by atoms with van der Waals surface area (Å²) in [6, 6.07) is 10.8. The maximum Gasteiger partial charge on any atom is 0.128 e. The Morgan fingerprint density at radius 2 is 1.96 bits per heavy atom. The molecule has 4 heterocycles. The molecule has 2 saturated heterocycles. The molecule has 0 bridgehead atoms. The van der Waals surface area contributed by atoms with Crippen molar-refractivity contribution in [3.63, 3.8) is 0 Å². The van der Waals surface area contributed by atoms with Gasteiger partial charge in [-0.2, -0.15) is 0 Å². The smallest absolute Gasteiger partial charge is 0.128 e. The molecule has 0 spiro atoms. The lowest BCUT2D eigenvalue weighted by Gasteiger charge is -2.45. The Hall–Kier alpha value is -1.47. The largest absolute Gasteiger partial charge is 0.390 e. The van der Waals surface area contributed by atoms with Crippen molar-refractivity contribution in [3.8, 4) is 0 Å². The fraction of sp³-hybridized carbons (Fsp3) is 0.550. The number of piperidine rings is 1. The third-order valence-corrected chi connectivity index (χ3v) is 6.55. The maximum absolute atomic E-state index is 10.8. The molecule has 140 valence electrons. The molecule has 6 heteroatoms. The lowest BCUT2D eigenvalue weighted by Crippen LogP contribution is -2.58. The molecule has 2 fully saturated rings. The SMILES string of the molecule is Cc1ccc(CN2CC[C@@H](N3CCN(c4ccccn4)CC3)[C@H](O)C2)s1. The predicted molar refractivity (Wildman–Crippen MR) is 107 cm³/mol. The summed E-state index contributed by atoms with van der Waals surface area (Å²) >= 11 is 1.86. The van der Waals surface area contributed by atoms with Gasteiger partial charge in [0.1, 0.15) is 5.82 Å².